The number of amides is 1. The molecule has 1 amide bonds. The van der Waals surface area contributed by atoms with E-state index in [4.69, 9.17) is 4.74 Å². The average Bonchev–Trinajstić information content (AvgIpc) is 3.00. The molecular weight excluding hydrogens is 292 g/mol. The zero-order valence-corrected chi connectivity index (χ0v) is 14.2. The first-order chi connectivity index (χ1) is 11.1. The summed E-state index contributed by atoms with van der Waals surface area (Å²) in [5, 5.41) is 7.94. The number of aromatic nitrogens is 2. The highest BCUT2D eigenvalue weighted by molar-refractivity contribution is 5.76. The van der Waals surface area contributed by atoms with Gasteiger partial charge in [0.05, 0.1) is 25.1 Å². The van der Waals surface area contributed by atoms with Crippen molar-refractivity contribution in [2.24, 2.45) is 11.8 Å². The summed E-state index contributed by atoms with van der Waals surface area (Å²) in [4.78, 5) is 14.1. The van der Waals surface area contributed by atoms with E-state index < -0.39 is 0 Å². The number of rotatable bonds is 4. The minimum Gasteiger partial charge on any atom is -0.379 e. The predicted molar refractivity (Wildman–Crippen MR) is 89.2 cm³/mol. The number of anilines is 1. The van der Waals surface area contributed by atoms with E-state index in [1.54, 1.807) is 4.68 Å². The Balaban J connectivity index is 1.54. The van der Waals surface area contributed by atoms with Crippen molar-refractivity contribution in [3.8, 4) is 0 Å². The lowest BCUT2D eigenvalue weighted by Crippen LogP contribution is -2.42. The fraction of sp³-hybridized carbons (Fsp3) is 0.765. The van der Waals surface area contributed by atoms with Gasteiger partial charge in [0.25, 0.3) is 0 Å². The summed E-state index contributed by atoms with van der Waals surface area (Å²) in [5.74, 6) is 1.55. The Morgan fingerprint density at radius 2 is 2.13 bits per heavy atom. The highest BCUT2D eigenvalue weighted by Crippen LogP contribution is 2.31. The van der Waals surface area contributed by atoms with Gasteiger partial charge in [-0.3, -0.25) is 9.48 Å². The second-order valence-corrected chi connectivity index (χ2v) is 6.94. The van der Waals surface area contributed by atoms with E-state index in [-0.39, 0.29) is 5.91 Å². The van der Waals surface area contributed by atoms with E-state index >= 15 is 0 Å². The Hall–Kier alpha value is -1.56. The first kappa shape index (κ1) is 16.3. The van der Waals surface area contributed by atoms with Crippen LogP contribution in [0.4, 0.5) is 5.69 Å². The fourth-order valence-electron chi connectivity index (χ4n) is 3.58. The molecule has 1 saturated heterocycles. The third-order valence-electron chi connectivity index (χ3n) is 5.35. The molecule has 3 atom stereocenters. The zero-order valence-electron chi connectivity index (χ0n) is 14.2. The summed E-state index contributed by atoms with van der Waals surface area (Å²) in [7, 11) is 0. The van der Waals surface area contributed by atoms with Gasteiger partial charge in [-0.15, -0.1) is 0 Å². The molecule has 0 unspecified atom stereocenters. The van der Waals surface area contributed by atoms with Gasteiger partial charge in [-0.05, 0) is 18.3 Å². The largest absolute Gasteiger partial charge is 0.379 e. The molecule has 128 valence electrons. The van der Waals surface area contributed by atoms with Gasteiger partial charge in [-0.25, -0.2) is 0 Å². The van der Waals surface area contributed by atoms with E-state index in [0.717, 1.165) is 11.6 Å². The molecule has 1 aromatic rings. The summed E-state index contributed by atoms with van der Waals surface area (Å²) >= 11 is 0. The molecule has 1 aliphatic heterocycles. The van der Waals surface area contributed by atoms with Crippen molar-refractivity contribution in [2.45, 2.75) is 45.7 Å². The van der Waals surface area contributed by atoms with Crippen molar-refractivity contribution < 1.29 is 9.53 Å². The van der Waals surface area contributed by atoms with Gasteiger partial charge in [0, 0.05) is 25.3 Å². The van der Waals surface area contributed by atoms with E-state index in [0.29, 0.717) is 44.8 Å². The predicted octanol–water partition coefficient (Wildman–Crippen LogP) is 1.98. The van der Waals surface area contributed by atoms with E-state index in [2.05, 4.69) is 24.3 Å². The SMILES string of the molecule is C[C@H]1[C@H](C)CCC[C@H]1Nc1cnn(CC(=O)N2CCOCC2)c1. The van der Waals surface area contributed by atoms with Crippen molar-refractivity contribution in [3.05, 3.63) is 12.4 Å². The van der Waals surface area contributed by atoms with Crippen LogP contribution < -0.4 is 5.32 Å². The summed E-state index contributed by atoms with van der Waals surface area (Å²) in [5.41, 5.74) is 1.02. The number of carbonyl (C=O) groups excluding carboxylic acids is 1. The number of hydrogen-bond acceptors (Lipinski definition) is 4. The van der Waals surface area contributed by atoms with Gasteiger partial charge in [0.2, 0.25) is 5.91 Å². The van der Waals surface area contributed by atoms with Gasteiger partial charge in [-0.2, -0.15) is 5.10 Å². The quantitative estimate of drug-likeness (QED) is 0.921. The van der Waals surface area contributed by atoms with Crippen LogP contribution in [0.2, 0.25) is 0 Å². The topological polar surface area (TPSA) is 59.4 Å². The molecule has 1 N–H and O–H groups in total. The maximum Gasteiger partial charge on any atom is 0.244 e. The molecule has 6 heteroatoms. The summed E-state index contributed by atoms with van der Waals surface area (Å²) in [6.07, 6.45) is 7.60. The van der Waals surface area contributed by atoms with Crippen molar-refractivity contribution in [1.82, 2.24) is 14.7 Å². The zero-order chi connectivity index (χ0) is 16.2. The lowest BCUT2D eigenvalue weighted by Gasteiger charge is -2.34. The minimum absolute atomic E-state index is 0.114. The highest BCUT2D eigenvalue weighted by atomic mass is 16.5. The third kappa shape index (κ3) is 4.05. The van der Waals surface area contributed by atoms with Crippen molar-refractivity contribution in [3.63, 3.8) is 0 Å². The van der Waals surface area contributed by atoms with Crippen molar-refractivity contribution >= 4 is 11.6 Å². The number of morpholine rings is 1. The lowest BCUT2D eigenvalue weighted by molar-refractivity contribution is -0.136. The summed E-state index contributed by atoms with van der Waals surface area (Å²) in [6.45, 7) is 7.60. The maximum atomic E-state index is 12.3. The van der Waals surface area contributed by atoms with Crippen LogP contribution in [0.5, 0.6) is 0 Å². The molecular formula is C17H28N4O2. The third-order valence-corrected chi connectivity index (χ3v) is 5.35. The standard InChI is InChI=1S/C17H28N4O2/c1-13-4-3-5-16(14(13)2)19-15-10-18-21(11-15)12-17(22)20-6-8-23-9-7-20/h10-11,13-14,16,19H,3-9,12H2,1-2H3/t13-,14+,16-/m1/s1. The van der Waals surface area contributed by atoms with Gasteiger partial charge < -0.3 is 15.0 Å². The molecule has 0 aromatic carbocycles. The van der Waals surface area contributed by atoms with Crippen LogP contribution in [0, 0.1) is 11.8 Å². The highest BCUT2D eigenvalue weighted by Gasteiger charge is 2.27. The Bertz CT molecular complexity index is 524. The second-order valence-electron chi connectivity index (χ2n) is 6.94. The Kier molecular flexibility index (Phi) is 5.20. The first-order valence-electron chi connectivity index (χ1n) is 8.78. The molecule has 2 aliphatic rings. The number of carbonyl (C=O) groups is 1. The van der Waals surface area contributed by atoms with E-state index in [1.807, 2.05) is 17.3 Å². The van der Waals surface area contributed by atoms with Gasteiger partial charge >= 0.3 is 0 Å². The first-order valence-corrected chi connectivity index (χ1v) is 8.78. The summed E-state index contributed by atoms with van der Waals surface area (Å²) in [6, 6.07) is 0.506. The minimum atomic E-state index is 0.114. The van der Waals surface area contributed by atoms with Crippen LogP contribution in [0.3, 0.4) is 0 Å². The molecule has 3 rings (SSSR count). The second kappa shape index (κ2) is 7.34. The van der Waals surface area contributed by atoms with Gasteiger partial charge in [-0.1, -0.05) is 26.7 Å². The van der Waals surface area contributed by atoms with Gasteiger partial charge in [0.1, 0.15) is 6.54 Å². The van der Waals surface area contributed by atoms with E-state index in [1.165, 1.54) is 19.3 Å². The molecule has 6 nitrogen and oxygen atoms in total. The molecule has 1 saturated carbocycles. The average molecular weight is 320 g/mol. The molecule has 0 bridgehead atoms. The normalized spacial score (nSPS) is 28.6. The number of hydrogen-bond donors (Lipinski definition) is 1. The van der Waals surface area contributed by atoms with Crippen LogP contribution >= 0.6 is 0 Å². The molecule has 2 heterocycles. The fourth-order valence-corrected chi connectivity index (χ4v) is 3.58. The van der Waals surface area contributed by atoms with E-state index in [9.17, 15) is 4.79 Å². The van der Waals surface area contributed by atoms with Crippen molar-refractivity contribution in [2.75, 3.05) is 31.6 Å². The lowest BCUT2D eigenvalue weighted by atomic mass is 9.78. The van der Waals surface area contributed by atoms with Gasteiger partial charge in [0.15, 0.2) is 0 Å². The molecule has 0 spiro atoms. The van der Waals surface area contributed by atoms with Crippen LogP contribution in [-0.2, 0) is 16.1 Å². The number of nitrogens with zero attached hydrogens (tertiary/aromatic N) is 3. The molecule has 23 heavy (non-hydrogen) atoms. The molecule has 0 radical (unpaired) electrons. The van der Waals surface area contributed by atoms with Crippen LogP contribution in [-0.4, -0.2) is 52.9 Å². The monoisotopic (exact) mass is 320 g/mol. The molecule has 1 aromatic heterocycles. The van der Waals surface area contributed by atoms with Crippen LogP contribution in [0.15, 0.2) is 12.4 Å². The maximum absolute atomic E-state index is 12.3. The smallest absolute Gasteiger partial charge is 0.244 e. The molecule has 2 fully saturated rings. The Labute approximate surface area is 138 Å². The van der Waals surface area contributed by atoms with Crippen LogP contribution in [0.1, 0.15) is 33.1 Å². The Morgan fingerprint density at radius 3 is 2.91 bits per heavy atom. The Morgan fingerprint density at radius 1 is 1.35 bits per heavy atom. The van der Waals surface area contributed by atoms with Crippen LogP contribution in [0.25, 0.3) is 0 Å². The summed E-state index contributed by atoms with van der Waals surface area (Å²) < 4.78 is 7.01. The number of nitrogens with one attached hydrogen (secondary N) is 1. The van der Waals surface area contributed by atoms with Crippen molar-refractivity contribution in [1.29, 1.82) is 0 Å². The number of ether oxygens (including phenoxy) is 1. The molecule has 1 aliphatic carbocycles.